The molecular formula is C88H56N6. The third kappa shape index (κ3) is 8.65. The van der Waals surface area contributed by atoms with Crippen molar-refractivity contribution in [2.24, 2.45) is 0 Å². The summed E-state index contributed by atoms with van der Waals surface area (Å²) in [7, 11) is 0. The van der Waals surface area contributed by atoms with Gasteiger partial charge < -0.3 is 18.3 Å². The van der Waals surface area contributed by atoms with E-state index in [2.05, 4.69) is 340 Å². The number of aromatic nitrogens is 6. The molecule has 94 heavy (non-hydrogen) atoms. The smallest absolute Gasteiger partial charge is 0.160 e. The van der Waals surface area contributed by atoms with Gasteiger partial charge >= 0.3 is 0 Å². The number of hydrogen-bond donors (Lipinski definition) is 0. The molecule has 19 aromatic rings. The molecule has 0 saturated heterocycles. The Morgan fingerprint density at radius 3 is 0.840 bits per heavy atom. The van der Waals surface area contributed by atoms with Crippen LogP contribution >= 0.6 is 0 Å². The largest absolute Gasteiger partial charge is 0.309 e. The van der Waals surface area contributed by atoms with E-state index in [1.807, 2.05) is 18.2 Å². The first kappa shape index (κ1) is 53.2. The number of rotatable bonds is 10. The van der Waals surface area contributed by atoms with Crippen molar-refractivity contribution in [3.8, 4) is 90.0 Å². The molecule has 6 nitrogen and oxygen atoms in total. The number of hydrogen-bond acceptors (Lipinski definition) is 2. The Bertz CT molecular complexity index is 6190. The van der Waals surface area contributed by atoms with E-state index in [9.17, 15) is 0 Å². The lowest BCUT2D eigenvalue weighted by molar-refractivity contribution is 1.17. The van der Waals surface area contributed by atoms with Crippen LogP contribution in [0.25, 0.3) is 177 Å². The van der Waals surface area contributed by atoms with Crippen molar-refractivity contribution in [1.29, 1.82) is 0 Å². The second kappa shape index (κ2) is 21.5. The summed E-state index contributed by atoms with van der Waals surface area (Å²) in [4.78, 5) is 10.5. The highest BCUT2D eigenvalue weighted by Crippen LogP contribution is 2.42. The zero-order valence-corrected chi connectivity index (χ0v) is 51.0. The molecule has 0 saturated carbocycles. The van der Waals surface area contributed by atoms with Gasteiger partial charge in [-0.1, -0.05) is 212 Å². The molecule has 0 radical (unpaired) electrons. The van der Waals surface area contributed by atoms with Crippen LogP contribution in [0, 0.1) is 0 Å². The second-order valence-corrected chi connectivity index (χ2v) is 24.5. The lowest BCUT2D eigenvalue weighted by Gasteiger charge is -2.13. The average Bonchev–Trinajstić information content (AvgIpc) is 1.61. The van der Waals surface area contributed by atoms with Gasteiger partial charge in [0.15, 0.2) is 5.82 Å². The minimum Gasteiger partial charge on any atom is -0.309 e. The Balaban J connectivity index is 0.637. The van der Waals surface area contributed by atoms with Crippen LogP contribution in [0.5, 0.6) is 0 Å². The van der Waals surface area contributed by atoms with Crippen LogP contribution in [0.3, 0.4) is 0 Å². The van der Waals surface area contributed by atoms with Crippen molar-refractivity contribution < 1.29 is 0 Å². The van der Waals surface area contributed by atoms with Gasteiger partial charge in [-0.05, 0) is 161 Å². The molecule has 5 heterocycles. The molecule has 0 bridgehead atoms. The molecule has 0 aliphatic carbocycles. The van der Waals surface area contributed by atoms with E-state index in [1.54, 1.807) is 0 Å². The first-order valence-corrected chi connectivity index (χ1v) is 32.1. The highest BCUT2D eigenvalue weighted by Gasteiger charge is 2.20. The Hall–Kier alpha value is -12.6. The fraction of sp³-hybridized carbons (Fsp3) is 0. The van der Waals surface area contributed by atoms with E-state index < -0.39 is 0 Å². The number of para-hydroxylation sites is 6. The SMILES string of the molecule is c1ccc(-c2nc(-c3ccc(-c4cccc(-n5c6ccccc6c6cc(-c7ccc8c(c7)c7ccccc7n8-c7ccccc7)ccc65)c4)cc3)cc(-c3ccc(-n4c5ccccc5c5cc(-c6ccc7c(c6)c6ccccc6n7-c6ccccc6)ccc54)cc3)n2)cc1. The van der Waals surface area contributed by atoms with Gasteiger partial charge in [-0.2, -0.15) is 0 Å². The number of fused-ring (bicyclic) bond motifs is 12. The zero-order chi connectivity index (χ0) is 61.8. The zero-order valence-electron chi connectivity index (χ0n) is 51.0. The van der Waals surface area contributed by atoms with Crippen LogP contribution < -0.4 is 0 Å². The van der Waals surface area contributed by atoms with Gasteiger partial charge in [0, 0.05) is 82.5 Å². The van der Waals surface area contributed by atoms with Crippen LogP contribution in [0.4, 0.5) is 0 Å². The third-order valence-electron chi connectivity index (χ3n) is 19.2. The average molecular weight is 1200 g/mol. The number of nitrogens with zero attached hydrogens (tertiary/aromatic N) is 6. The van der Waals surface area contributed by atoms with Crippen molar-refractivity contribution in [2.45, 2.75) is 0 Å². The predicted octanol–water partition coefficient (Wildman–Crippen LogP) is 22.9. The van der Waals surface area contributed by atoms with Crippen molar-refractivity contribution in [2.75, 3.05) is 0 Å². The molecule has 0 spiro atoms. The summed E-state index contributed by atoms with van der Waals surface area (Å²) in [5.74, 6) is 0.680. The van der Waals surface area contributed by atoms with Gasteiger partial charge in [-0.25, -0.2) is 9.97 Å². The van der Waals surface area contributed by atoms with Gasteiger partial charge in [0.1, 0.15) is 0 Å². The first-order valence-electron chi connectivity index (χ1n) is 32.1. The van der Waals surface area contributed by atoms with Crippen LogP contribution in [0.2, 0.25) is 0 Å². The molecule has 0 amide bonds. The Morgan fingerprint density at radius 1 is 0.160 bits per heavy atom. The summed E-state index contributed by atoms with van der Waals surface area (Å²) < 4.78 is 9.55. The maximum absolute atomic E-state index is 5.25. The summed E-state index contributed by atoms with van der Waals surface area (Å²) in [5, 5.41) is 9.84. The number of benzene rings is 14. The van der Waals surface area contributed by atoms with Crippen LogP contribution in [0.1, 0.15) is 0 Å². The quantitative estimate of drug-likeness (QED) is 0.137. The monoisotopic (exact) mass is 1200 g/mol. The van der Waals surface area contributed by atoms with E-state index in [0.29, 0.717) is 5.82 Å². The van der Waals surface area contributed by atoms with Crippen LogP contribution in [-0.2, 0) is 0 Å². The maximum atomic E-state index is 5.25. The summed E-state index contributed by atoms with van der Waals surface area (Å²) >= 11 is 0. The molecule has 0 fully saturated rings. The Kier molecular flexibility index (Phi) is 12.2. The summed E-state index contributed by atoms with van der Waals surface area (Å²) in [5.41, 5.74) is 25.7. The molecule has 438 valence electrons. The molecule has 0 unspecified atom stereocenters. The highest BCUT2D eigenvalue weighted by molar-refractivity contribution is 6.15. The molecule has 19 rings (SSSR count). The van der Waals surface area contributed by atoms with Crippen molar-refractivity contribution in [3.05, 3.63) is 340 Å². The minimum atomic E-state index is 0.680. The van der Waals surface area contributed by atoms with Gasteiger partial charge in [0.25, 0.3) is 0 Å². The molecule has 0 N–H and O–H groups in total. The standard InChI is InChI=1S/C88H56N6/c1-4-19-60(20-5-1)88-89-78(56-79(90-88)59-39-45-68(46-40-59)93-82-33-16-12-29-72(82)76-54-64(43-49-86(76)93)62-41-47-84-74(52-62)70-27-10-14-31-80(70)91(84)66-22-6-2-7-23-66)58-37-35-57(36-38-58)61-21-18-26-69(51-61)94-83-34-17-13-30-73(83)77-55-65(44-50-87(77)94)63-42-48-85-75(53-63)71-28-11-15-32-81(71)92(85)67-24-8-3-9-25-67/h1-56H. The summed E-state index contributed by atoms with van der Waals surface area (Å²) in [6.07, 6.45) is 0. The topological polar surface area (TPSA) is 45.5 Å². The molecular weight excluding hydrogens is 1140 g/mol. The van der Waals surface area contributed by atoms with E-state index in [1.165, 1.54) is 98.4 Å². The fourth-order valence-electron chi connectivity index (χ4n) is 14.8. The van der Waals surface area contributed by atoms with Crippen molar-refractivity contribution in [1.82, 2.24) is 28.2 Å². The van der Waals surface area contributed by atoms with E-state index in [4.69, 9.17) is 9.97 Å². The minimum absolute atomic E-state index is 0.680. The lowest BCUT2D eigenvalue weighted by atomic mass is 10.0. The van der Waals surface area contributed by atoms with Gasteiger partial charge in [0.2, 0.25) is 0 Å². The molecule has 14 aromatic carbocycles. The predicted molar refractivity (Wildman–Crippen MR) is 392 cm³/mol. The Morgan fingerprint density at radius 2 is 0.436 bits per heavy atom. The lowest BCUT2D eigenvalue weighted by Crippen LogP contribution is -1.97. The summed E-state index contributed by atoms with van der Waals surface area (Å²) in [6.45, 7) is 0. The van der Waals surface area contributed by atoms with E-state index >= 15 is 0 Å². The molecule has 5 aromatic heterocycles. The van der Waals surface area contributed by atoms with E-state index in [0.717, 1.165) is 73.0 Å². The van der Waals surface area contributed by atoms with Crippen molar-refractivity contribution >= 4 is 87.2 Å². The molecule has 0 aliphatic rings. The second-order valence-electron chi connectivity index (χ2n) is 24.5. The third-order valence-corrected chi connectivity index (χ3v) is 19.2. The van der Waals surface area contributed by atoms with Gasteiger partial charge in [-0.15, -0.1) is 0 Å². The maximum Gasteiger partial charge on any atom is 0.160 e. The van der Waals surface area contributed by atoms with Gasteiger partial charge in [0.05, 0.1) is 55.5 Å². The van der Waals surface area contributed by atoms with Gasteiger partial charge in [-0.3, -0.25) is 0 Å². The Labute approximate surface area is 542 Å². The van der Waals surface area contributed by atoms with E-state index in [-0.39, 0.29) is 0 Å². The summed E-state index contributed by atoms with van der Waals surface area (Å²) in [6, 6.07) is 123. The molecule has 6 heteroatoms. The molecule has 0 atom stereocenters. The van der Waals surface area contributed by atoms with Crippen LogP contribution in [0.15, 0.2) is 340 Å². The molecule has 0 aliphatic heterocycles. The van der Waals surface area contributed by atoms with Crippen LogP contribution in [-0.4, -0.2) is 28.2 Å². The van der Waals surface area contributed by atoms with Crippen molar-refractivity contribution in [3.63, 3.8) is 0 Å². The first-order chi connectivity index (χ1) is 46.6. The highest BCUT2D eigenvalue weighted by atomic mass is 15.0. The fourth-order valence-corrected chi connectivity index (χ4v) is 14.8. The normalized spacial score (nSPS) is 11.8.